The van der Waals surface area contributed by atoms with Gasteiger partial charge in [0.2, 0.25) is 5.91 Å². The number of β-lactam (4-membered cyclic amide) rings is 1. The number of nitrogens with two attached hydrogens (primary N) is 1. The van der Waals surface area contributed by atoms with Gasteiger partial charge in [0.1, 0.15) is 24.6 Å². The van der Waals surface area contributed by atoms with E-state index >= 15 is 0 Å². The Morgan fingerprint density at radius 3 is 2.58 bits per heavy atom. The van der Waals surface area contributed by atoms with Crippen LogP contribution >= 0.6 is 0 Å². The Balaban J connectivity index is 1.55. The highest BCUT2D eigenvalue weighted by atomic mass is 16.5. The number of aliphatic imine (C=N–C) groups is 1. The van der Waals surface area contributed by atoms with Crippen LogP contribution in [-0.2, 0) is 16.1 Å². The number of aliphatic carboxylic acids is 1. The third-order valence-electron chi connectivity index (χ3n) is 7.74. The molecule has 2 aromatic carbocycles. The Morgan fingerprint density at radius 2 is 1.92 bits per heavy atom. The minimum atomic E-state index is -1.16. The number of rotatable bonds is 10. The van der Waals surface area contributed by atoms with Crippen molar-refractivity contribution in [1.82, 2.24) is 10.2 Å². The number of ether oxygens (including phenoxy) is 1. The van der Waals surface area contributed by atoms with E-state index in [9.17, 15) is 19.8 Å². The lowest BCUT2D eigenvalue weighted by atomic mass is 9.78. The van der Waals surface area contributed by atoms with Gasteiger partial charge < -0.3 is 35.4 Å². The second-order valence-electron chi connectivity index (χ2n) is 10.8. The molecule has 10 nitrogen and oxygen atoms in total. The molecule has 38 heavy (non-hydrogen) atoms. The van der Waals surface area contributed by atoms with Gasteiger partial charge in [-0.2, -0.15) is 0 Å². The van der Waals surface area contributed by atoms with E-state index in [1.165, 1.54) is 10.5 Å². The number of nitrogens with one attached hydrogen (secondary N) is 1. The topological polar surface area (TPSA) is 137 Å². The zero-order valence-corrected chi connectivity index (χ0v) is 22.6. The first-order valence-corrected chi connectivity index (χ1v) is 12.9. The maximum absolute atomic E-state index is 12.6. The van der Waals surface area contributed by atoms with Crippen molar-refractivity contribution < 1.29 is 29.0 Å². The molecule has 1 saturated heterocycles. The van der Waals surface area contributed by atoms with E-state index < -0.39 is 18.0 Å². The Kier molecular flexibility index (Phi) is 7.66. The molecule has 0 radical (unpaired) electrons. The molecular weight excluding hydrogens is 486 g/mol. The molecule has 0 bridgehead atoms. The number of guanidine groups is 1. The normalized spacial score (nSPS) is 22.4. The van der Waals surface area contributed by atoms with Crippen LogP contribution in [0.1, 0.15) is 19.4 Å². The number of aliphatic hydroxyl groups is 1. The fraction of sp³-hybridized carbons (Fsp3) is 0.464. The quantitative estimate of drug-likeness (QED) is 0.160. The van der Waals surface area contributed by atoms with Crippen LogP contribution in [0, 0.1) is 11.8 Å². The number of benzene rings is 2. The van der Waals surface area contributed by atoms with E-state index in [4.69, 9.17) is 10.5 Å². The van der Waals surface area contributed by atoms with Gasteiger partial charge in [-0.15, -0.1) is 0 Å². The van der Waals surface area contributed by atoms with Gasteiger partial charge in [0.15, 0.2) is 5.96 Å². The van der Waals surface area contributed by atoms with Gasteiger partial charge in [0, 0.05) is 29.5 Å². The van der Waals surface area contributed by atoms with Crippen LogP contribution in [0.25, 0.3) is 10.8 Å². The summed E-state index contributed by atoms with van der Waals surface area (Å²) in [6, 6.07) is 11.6. The number of aliphatic hydroxyl groups excluding tert-OH is 1. The predicted molar refractivity (Wildman–Crippen MR) is 145 cm³/mol. The summed E-state index contributed by atoms with van der Waals surface area (Å²) in [7, 11) is 5.97. The van der Waals surface area contributed by atoms with E-state index in [2.05, 4.69) is 36.5 Å². The van der Waals surface area contributed by atoms with Crippen molar-refractivity contribution in [2.75, 3.05) is 40.8 Å². The molecule has 0 aromatic heterocycles. The van der Waals surface area contributed by atoms with E-state index in [-0.39, 0.29) is 30.2 Å². The lowest BCUT2D eigenvalue weighted by molar-refractivity contribution is -0.902. The highest BCUT2D eigenvalue weighted by Gasteiger charge is 2.59. The number of carboxylic acids is 1. The standard InChI is InChI=1S/C28H37N5O5/c1-16-21(25(27(36)37)32-24(16)23(17(2)34)26(32)35)15-38-22-11-7-9-19-18(8-6-10-20(19)22)14-33(4,5)13-12-31-28(29)30-3/h6-11,16-17,23-24,34H,12-15H2,1-5H3,(H3-,29,30,31,36,37)/p+1/t16-,17+,23+,24+/m0/s1. The molecule has 204 valence electrons. The van der Waals surface area contributed by atoms with Crippen molar-refractivity contribution in [3.8, 4) is 5.75 Å². The molecule has 1 amide bonds. The number of quaternary nitrogens is 1. The molecule has 0 unspecified atom stereocenters. The number of fused-ring (bicyclic) bond motifs is 2. The third-order valence-corrected chi connectivity index (χ3v) is 7.74. The summed E-state index contributed by atoms with van der Waals surface area (Å²) in [5.41, 5.74) is 7.46. The van der Waals surface area contributed by atoms with Crippen molar-refractivity contribution in [2.45, 2.75) is 32.5 Å². The Bertz CT molecular complexity index is 1300. The Labute approximate surface area is 223 Å². The van der Waals surface area contributed by atoms with E-state index in [1.807, 2.05) is 31.2 Å². The van der Waals surface area contributed by atoms with E-state index in [1.54, 1.807) is 14.0 Å². The van der Waals surface area contributed by atoms with Gasteiger partial charge in [-0.25, -0.2) is 4.79 Å². The number of carboxylic acid groups (broad SMARTS) is 1. The molecule has 2 heterocycles. The van der Waals surface area contributed by atoms with Crippen molar-refractivity contribution >= 4 is 28.6 Å². The van der Waals surface area contributed by atoms with Gasteiger partial charge in [-0.05, 0) is 18.4 Å². The number of carbonyl (C=O) groups is 2. The molecule has 2 aromatic rings. The summed E-state index contributed by atoms with van der Waals surface area (Å²) >= 11 is 0. The summed E-state index contributed by atoms with van der Waals surface area (Å²) in [6.45, 7) is 5.84. The van der Waals surface area contributed by atoms with Gasteiger partial charge in [-0.1, -0.05) is 37.3 Å². The molecule has 10 heteroatoms. The molecule has 2 aliphatic heterocycles. The highest BCUT2D eigenvalue weighted by molar-refractivity contribution is 6.00. The Hall–Kier alpha value is -3.63. The molecule has 0 saturated carbocycles. The van der Waals surface area contributed by atoms with Gasteiger partial charge in [0.05, 0.1) is 45.2 Å². The summed E-state index contributed by atoms with van der Waals surface area (Å²) in [4.78, 5) is 30.0. The molecular formula is C28H38N5O5+. The summed E-state index contributed by atoms with van der Waals surface area (Å²) in [5, 5.41) is 25.1. The summed E-state index contributed by atoms with van der Waals surface area (Å²) in [6.07, 6.45) is -0.839. The van der Waals surface area contributed by atoms with Crippen LogP contribution in [0.4, 0.5) is 0 Å². The van der Waals surface area contributed by atoms with Gasteiger partial charge in [0.25, 0.3) is 0 Å². The zero-order valence-electron chi connectivity index (χ0n) is 22.6. The van der Waals surface area contributed by atoms with Crippen LogP contribution < -0.4 is 15.8 Å². The first-order chi connectivity index (χ1) is 18.0. The number of hydrogen-bond donors (Lipinski definition) is 4. The monoisotopic (exact) mass is 524 g/mol. The van der Waals surface area contributed by atoms with Crippen molar-refractivity contribution in [1.29, 1.82) is 0 Å². The van der Waals surface area contributed by atoms with Crippen molar-refractivity contribution in [2.24, 2.45) is 22.6 Å². The molecule has 0 aliphatic carbocycles. The highest BCUT2D eigenvalue weighted by Crippen LogP contribution is 2.47. The first kappa shape index (κ1) is 27.4. The molecule has 2 aliphatic rings. The van der Waals surface area contributed by atoms with Crippen LogP contribution in [0.15, 0.2) is 52.7 Å². The number of amides is 1. The second-order valence-corrected chi connectivity index (χ2v) is 10.8. The van der Waals surface area contributed by atoms with Gasteiger partial charge in [-0.3, -0.25) is 9.79 Å². The minimum Gasteiger partial charge on any atom is -0.488 e. The first-order valence-electron chi connectivity index (χ1n) is 12.9. The molecule has 4 atom stereocenters. The average Bonchev–Trinajstić information content (AvgIpc) is 3.10. The SMILES string of the molecule is CN=C(N)NCC[N+](C)(C)Cc1cccc2c(OCC3=C(C(=O)O)N4C(=O)[C@H]([C@@H](C)O)[C@H]4[C@H]3C)cccc12. The second kappa shape index (κ2) is 10.6. The smallest absolute Gasteiger partial charge is 0.352 e. The fourth-order valence-corrected chi connectivity index (χ4v) is 5.71. The van der Waals surface area contributed by atoms with Crippen molar-refractivity contribution in [3.63, 3.8) is 0 Å². The molecule has 4 rings (SSSR count). The largest absolute Gasteiger partial charge is 0.488 e. The zero-order chi connectivity index (χ0) is 27.8. The summed E-state index contributed by atoms with van der Waals surface area (Å²) in [5.74, 6) is -1.26. The fourth-order valence-electron chi connectivity index (χ4n) is 5.71. The van der Waals surface area contributed by atoms with Crippen LogP contribution in [0.2, 0.25) is 0 Å². The maximum atomic E-state index is 12.6. The van der Waals surface area contributed by atoms with E-state index in [0.29, 0.717) is 23.8 Å². The van der Waals surface area contributed by atoms with E-state index in [0.717, 1.165) is 28.3 Å². The number of likely N-dealkylation sites (N-methyl/N-ethyl adjacent to an activating group) is 1. The van der Waals surface area contributed by atoms with Crippen LogP contribution in [0.3, 0.4) is 0 Å². The van der Waals surface area contributed by atoms with Crippen LogP contribution in [-0.4, -0.2) is 90.4 Å². The summed E-state index contributed by atoms with van der Waals surface area (Å²) < 4.78 is 6.97. The number of hydrogen-bond acceptors (Lipinski definition) is 5. The number of carbonyl (C=O) groups excluding carboxylic acids is 1. The third kappa shape index (κ3) is 5.06. The minimum absolute atomic E-state index is 0.0215. The lowest BCUT2D eigenvalue weighted by Gasteiger charge is -2.46. The Morgan fingerprint density at radius 1 is 1.24 bits per heavy atom. The lowest BCUT2D eigenvalue weighted by Crippen LogP contribution is -2.63. The van der Waals surface area contributed by atoms with Crippen LogP contribution in [0.5, 0.6) is 5.75 Å². The molecule has 0 spiro atoms. The molecule has 1 fully saturated rings. The van der Waals surface area contributed by atoms with Gasteiger partial charge >= 0.3 is 5.97 Å². The predicted octanol–water partition coefficient (Wildman–Crippen LogP) is 1.53. The number of nitrogens with zero attached hydrogens (tertiary/aromatic N) is 3. The average molecular weight is 525 g/mol. The maximum Gasteiger partial charge on any atom is 0.352 e. The molecule has 5 N–H and O–H groups in total. The van der Waals surface area contributed by atoms with Crippen molar-refractivity contribution in [3.05, 3.63) is 53.2 Å².